The summed E-state index contributed by atoms with van der Waals surface area (Å²) in [6.07, 6.45) is 3.96. The third-order valence-corrected chi connectivity index (χ3v) is 2.47. The number of rotatable bonds is 1. The van der Waals surface area contributed by atoms with Crippen molar-refractivity contribution in [3.63, 3.8) is 0 Å². The quantitative estimate of drug-likeness (QED) is 0.613. The first kappa shape index (κ1) is 8.49. The van der Waals surface area contributed by atoms with Crippen LogP contribution < -0.4 is 0 Å². The molecule has 1 unspecified atom stereocenters. The molecular formula is C12H13F. The lowest BCUT2D eigenvalue weighted by Crippen LogP contribution is -2.07. The van der Waals surface area contributed by atoms with E-state index in [1.807, 2.05) is 36.4 Å². The fourth-order valence-electron chi connectivity index (χ4n) is 1.77. The van der Waals surface area contributed by atoms with Gasteiger partial charge in [-0.3, -0.25) is 0 Å². The molecule has 0 amide bonds. The van der Waals surface area contributed by atoms with Gasteiger partial charge in [0.15, 0.2) is 0 Å². The van der Waals surface area contributed by atoms with Crippen molar-refractivity contribution in [2.24, 2.45) is 0 Å². The number of halogens is 1. The zero-order chi connectivity index (χ0) is 9.10. The Labute approximate surface area is 78.1 Å². The largest absolute Gasteiger partial charge is 0.242 e. The minimum Gasteiger partial charge on any atom is -0.242 e. The lowest BCUT2D eigenvalue weighted by Gasteiger charge is -2.17. The fourth-order valence-corrected chi connectivity index (χ4v) is 1.77. The fraction of sp³-hybridized carbons (Fsp3) is 0.333. The van der Waals surface area contributed by atoms with Gasteiger partial charge in [-0.1, -0.05) is 36.4 Å². The molecule has 0 bridgehead atoms. The van der Waals surface area contributed by atoms with Gasteiger partial charge in [0.2, 0.25) is 0 Å². The molecule has 0 saturated heterocycles. The van der Waals surface area contributed by atoms with Crippen molar-refractivity contribution in [1.82, 2.24) is 0 Å². The molecule has 2 rings (SSSR count). The molecule has 0 nitrogen and oxygen atoms in total. The van der Waals surface area contributed by atoms with E-state index in [2.05, 4.69) is 0 Å². The highest BCUT2D eigenvalue weighted by Gasteiger charge is 2.17. The molecule has 1 heteroatoms. The molecule has 1 aromatic rings. The summed E-state index contributed by atoms with van der Waals surface area (Å²) in [5, 5.41) is 0. The van der Waals surface area contributed by atoms with Gasteiger partial charge >= 0.3 is 0 Å². The van der Waals surface area contributed by atoms with Gasteiger partial charge in [-0.05, 0) is 30.4 Å². The number of hydrogen-bond donors (Lipinski definition) is 0. The third kappa shape index (κ3) is 1.80. The zero-order valence-electron chi connectivity index (χ0n) is 7.54. The van der Waals surface area contributed by atoms with E-state index in [0.29, 0.717) is 6.42 Å². The normalized spacial score (nSPS) is 22.5. The first-order valence-corrected chi connectivity index (χ1v) is 4.77. The molecule has 1 aliphatic carbocycles. The third-order valence-electron chi connectivity index (χ3n) is 2.47. The van der Waals surface area contributed by atoms with Crippen LogP contribution in [0.15, 0.2) is 36.4 Å². The van der Waals surface area contributed by atoms with E-state index in [1.165, 1.54) is 0 Å². The van der Waals surface area contributed by atoms with Crippen LogP contribution >= 0.6 is 0 Å². The molecule has 0 heterocycles. The van der Waals surface area contributed by atoms with Crippen molar-refractivity contribution >= 4 is 5.57 Å². The van der Waals surface area contributed by atoms with Crippen molar-refractivity contribution in [3.05, 3.63) is 42.0 Å². The number of hydrogen-bond acceptors (Lipinski definition) is 0. The molecule has 0 spiro atoms. The highest BCUT2D eigenvalue weighted by atomic mass is 19.1. The van der Waals surface area contributed by atoms with E-state index in [0.717, 1.165) is 24.0 Å². The Balaban J connectivity index is 2.30. The maximum atomic E-state index is 13.5. The molecule has 0 aromatic heterocycles. The van der Waals surface area contributed by atoms with Crippen molar-refractivity contribution in [2.45, 2.75) is 25.4 Å². The summed E-state index contributed by atoms with van der Waals surface area (Å²) in [5.74, 6) is 0. The summed E-state index contributed by atoms with van der Waals surface area (Å²) in [6.45, 7) is 0. The summed E-state index contributed by atoms with van der Waals surface area (Å²) in [4.78, 5) is 0. The lowest BCUT2D eigenvalue weighted by atomic mass is 9.92. The van der Waals surface area contributed by atoms with Crippen LogP contribution in [0.4, 0.5) is 4.39 Å². The van der Waals surface area contributed by atoms with Crippen LogP contribution in [0.25, 0.3) is 5.57 Å². The Morgan fingerprint density at radius 2 is 1.92 bits per heavy atom. The van der Waals surface area contributed by atoms with Gasteiger partial charge in [-0.15, -0.1) is 0 Å². The van der Waals surface area contributed by atoms with E-state index in [1.54, 1.807) is 0 Å². The summed E-state index contributed by atoms with van der Waals surface area (Å²) in [5.41, 5.74) is 1.92. The number of allylic oxidation sites excluding steroid dienone is 2. The van der Waals surface area contributed by atoms with Gasteiger partial charge in [0.25, 0.3) is 0 Å². The maximum Gasteiger partial charge on any atom is 0.125 e. The topological polar surface area (TPSA) is 0 Å². The second kappa shape index (κ2) is 3.73. The van der Waals surface area contributed by atoms with Crippen LogP contribution in [0.5, 0.6) is 0 Å². The standard InChI is InChI=1S/C12H13F/c13-12-9-5-4-8-11(12)10-6-2-1-3-7-10/h1-3,6-8,12H,4-5,9H2. The minimum absolute atomic E-state index is 0.681. The molecular weight excluding hydrogens is 163 g/mol. The monoisotopic (exact) mass is 176 g/mol. The molecule has 1 aromatic carbocycles. The maximum absolute atomic E-state index is 13.5. The smallest absolute Gasteiger partial charge is 0.125 e. The van der Waals surface area contributed by atoms with Crippen molar-refractivity contribution in [1.29, 1.82) is 0 Å². The SMILES string of the molecule is FC1CCCC=C1c1ccccc1. The van der Waals surface area contributed by atoms with Gasteiger partial charge in [-0.2, -0.15) is 0 Å². The Kier molecular flexibility index (Phi) is 2.44. The molecule has 0 radical (unpaired) electrons. The molecule has 68 valence electrons. The Bertz CT molecular complexity index is 300. The van der Waals surface area contributed by atoms with E-state index in [4.69, 9.17) is 0 Å². The van der Waals surface area contributed by atoms with Crippen molar-refractivity contribution in [3.8, 4) is 0 Å². The second-order valence-corrected chi connectivity index (χ2v) is 3.42. The van der Waals surface area contributed by atoms with Crippen molar-refractivity contribution in [2.75, 3.05) is 0 Å². The van der Waals surface area contributed by atoms with Crippen LogP contribution in [0, 0.1) is 0 Å². The molecule has 13 heavy (non-hydrogen) atoms. The second-order valence-electron chi connectivity index (χ2n) is 3.42. The molecule has 1 atom stereocenters. The molecule has 0 N–H and O–H groups in total. The van der Waals surface area contributed by atoms with Gasteiger partial charge in [0.1, 0.15) is 6.17 Å². The van der Waals surface area contributed by atoms with Gasteiger partial charge < -0.3 is 0 Å². The predicted octanol–water partition coefficient (Wildman–Crippen LogP) is 3.59. The van der Waals surface area contributed by atoms with Crippen molar-refractivity contribution < 1.29 is 4.39 Å². The Morgan fingerprint density at radius 3 is 2.62 bits per heavy atom. The van der Waals surface area contributed by atoms with Crippen LogP contribution in [-0.4, -0.2) is 6.17 Å². The predicted molar refractivity (Wildman–Crippen MR) is 53.2 cm³/mol. The Hall–Kier alpha value is -1.11. The first-order valence-electron chi connectivity index (χ1n) is 4.77. The van der Waals surface area contributed by atoms with Crippen LogP contribution in [-0.2, 0) is 0 Å². The van der Waals surface area contributed by atoms with Crippen LogP contribution in [0.3, 0.4) is 0 Å². The molecule has 0 aliphatic heterocycles. The summed E-state index contributed by atoms with van der Waals surface area (Å²) < 4.78 is 13.5. The van der Waals surface area contributed by atoms with E-state index in [9.17, 15) is 4.39 Å². The highest BCUT2D eigenvalue weighted by molar-refractivity contribution is 5.69. The summed E-state index contributed by atoms with van der Waals surface area (Å²) >= 11 is 0. The van der Waals surface area contributed by atoms with E-state index >= 15 is 0 Å². The Morgan fingerprint density at radius 1 is 1.15 bits per heavy atom. The molecule has 0 saturated carbocycles. The summed E-state index contributed by atoms with van der Waals surface area (Å²) in [7, 11) is 0. The van der Waals surface area contributed by atoms with Gasteiger partial charge in [0.05, 0.1) is 0 Å². The highest BCUT2D eigenvalue weighted by Crippen LogP contribution is 2.29. The molecule has 0 fully saturated rings. The zero-order valence-corrected chi connectivity index (χ0v) is 7.54. The van der Waals surface area contributed by atoms with Crippen LogP contribution in [0.1, 0.15) is 24.8 Å². The van der Waals surface area contributed by atoms with Crippen LogP contribution in [0.2, 0.25) is 0 Å². The lowest BCUT2D eigenvalue weighted by molar-refractivity contribution is 0.373. The average molecular weight is 176 g/mol. The number of benzene rings is 1. The average Bonchev–Trinajstić information content (AvgIpc) is 2.20. The summed E-state index contributed by atoms with van der Waals surface area (Å²) in [6, 6.07) is 9.82. The van der Waals surface area contributed by atoms with E-state index < -0.39 is 6.17 Å². The van der Waals surface area contributed by atoms with E-state index in [-0.39, 0.29) is 0 Å². The van der Waals surface area contributed by atoms with Gasteiger partial charge in [-0.25, -0.2) is 4.39 Å². The number of alkyl halides is 1. The first-order chi connectivity index (χ1) is 6.38. The molecule has 1 aliphatic rings. The van der Waals surface area contributed by atoms with Gasteiger partial charge in [0, 0.05) is 0 Å². The minimum atomic E-state index is -0.754.